The predicted octanol–water partition coefficient (Wildman–Crippen LogP) is 4.36. The average molecular weight is 357 g/mol. The van der Waals surface area contributed by atoms with Gasteiger partial charge < -0.3 is 9.84 Å². The summed E-state index contributed by atoms with van der Waals surface area (Å²) < 4.78 is 5.14. The number of nitrogens with zero attached hydrogens (tertiary/aromatic N) is 2. The molecule has 1 atom stereocenters. The number of pyridine rings is 1. The average Bonchev–Trinajstić information content (AvgIpc) is 3.04. The fourth-order valence-electron chi connectivity index (χ4n) is 3.26. The molecule has 5 nitrogen and oxygen atoms in total. The number of aryl methyl sites for hydroxylation is 2. The van der Waals surface area contributed by atoms with Crippen molar-refractivity contribution in [2.24, 2.45) is 0 Å². The van der Waals surface area contributed by atoms with Gasteiger partial charge in [-0.05, 0) is 37.1 Å². The third-order valence-electron chi connectivity index (χ3n) is 4.61. The molecule has 0 aliphatic carbocycles. The molecule has 1 unspecified atom stereocenters. The van der Waals surface area contributed by atoms with E-state index in [0.717, 1.165) is 22.0 Å². The molecule has 1 amide bonds. The highest BCUT2D eigenvalue weighted by atomic mass is 16.5. The van der Waals surface area contributed by atoms with Gasteiger partial charge in [-0.2, -0.15) is 0 Å². The van der Waals surface area contributed by atoms with Gasteiger partial charge in [-0.15, -0.1) is 0 Å². The van der Waals surface area contributed by atoms with E-state index in [1.54, 1.807) is 13.8 Å². The third kappa shape index (κ3) is 3.31. The number of hydrogen-bond donors (Lipinski definition) is 1. The molecule has 0 radical (unpaired) electrons. The number of hydrogen-bond acceptors (Lipinski definition) is 4. The Morgan fingerprint density at radius 1 is 1.00 bits per heavy atom. The monoisotopic (exact) mass is 357 g/mol. The molecule has 2 aromatic heterocycles. The molecule has 1 N–H and O–H groups in total. The van der Waals surface area contributed by atoms with Crippen LogP contribution in [0.3, 0.4) is 0 Å². The summed E-state index contributed by atoms with van der Waals surface area (Å²) in [6, 6.07) is 19.5. The fraction of sp³-hybridized carbons (Fsp3) is 0.136. The van der Waals surface area contributed by atoms with Crippen molar-refractivity contribution in [3.8, 4) is 0 Å². The largest absolute Gasteiger partial charge is 0.361 e. The first-order valence-electron chi connectivity index (χ1n) is 8.77. The number of carbonyl (C=O) groups excluding carboxylic acids is 1. The summed E-state index contributed by atoms with van der Waals surface area (Å²) in [4.78, 5) is 17.5. The summed E-state index contributed by atoms with van der Waals surface area (Å²) >= 11 is 0. The first kappa shape index (κ1) is 17.0. The van der Waals surface area contributed by atoms with E-state index in [9.17, 15) is 4.79 Å². The Morgan fingerprint density at radius 2 is 1.74 bits per heavy atom. The second kappa shape index (κ2) is 7.03. The number of para-hydroxylation sites is 1. The number of aromatic nitrogens is 2. The van der Waals surface area contributed by atoms with Crippen LogP contribution in [0, 0.1) is 13.8 Å². The summed E-state index contributed by atoms with van der Waals surface area (Å²) in [7, 11) is 0. The molecule has 5 heteroatoms. The van der Waals surface area contributed by atoms with Gasteiger partial charge in [0.25, 0.3) is 5.91 Å². The van der Waals surface area contributed by atoms with E-state index < -0.39 is 0 Å². The first-order valence-corrected chi connectivity index (χ1v) is 8.77. The number of carbonyl (C=O) groups is 1. The van der Waals surface area contributed by atoms with Crippen molar-refractivity contribution in [1.29, 1.82) is 0 Å². The normalized spacial score (nSPS) is 12.1. The van der Waals surface area contributed by atoms with Gasteiger partial charge in [-0.3, -0.25) is 9.78 Å². The van der Waals surface area contributed by atoms with Gasteiger partial charge in [0.2, 0.25) is 0 Å². The van der Waals surface area contributed by atoms with Crippen LogP contribution in [0.1, 0.15) is 39.0 Å². The minimum Gasteiger partial charge on any atom is -0.361 e. The van der Waals surface area contributed by atoms with E-state index in [4.69, 9.17) is 4.52 Å². The molecule has 0 saturated heterocycles. The highest BCUT2D eigenvalue weighted by Gasteiger charge is 2.23. The second-order valence-electron chi connectivity index (χ2n) is 6.48. The van der Waals surface area contributed by atoms with E-state index in [0.29, 0.717) is 17.0 Å². The topological polar surface area (TPSA) is 68.0 Å². The lowest BCUT2D eigenvalue weighted by molar-refractivity contribution is 0.0941. The van der Waals surface area contributed by atoms with Gasteiger partial charge in [0.15, 0.2) is 0 Å². The van der Waals surface area contributed by atoms with Crippen molar-refractivity contribution in [1.82, 2.24) is 15.5 Å². The van der Waals surface area contributed by atoms with E-state index in [-0.39, 0.29) is 11.9 Å². The molecule has 0 aliphatic heterocycles. The van der Waals surface area contributed by atoms with Crippen molar-refractivity contribution < 1.29 is 9.32 Å². The van der Waals surface area contributed by atoms with Crippen LogP contribution in [0.15, 0.2) is 71.4 Å². The maximum Gasteiger partial charge on any atom is 0.257 e. The van der Waals surface area contributed by atoms with Crippen molar-refractivity contribution >= 4 is 16.8 Å². The molecular weight excluding hydrogens is 338 g/mol. The highest BCUT2D eigenvalue weighted by Crippen LogP contribution is 2.25. The molecule has 0 bridgehead atoms. The fourth-order valence-corrected chi connectivity index (χ4v) is 3.26. The summed E-state index contributed by atoms with van der Waals surface area (Å²) in [5, 5.41) is 8.03. The van der Waals surface area contributed by atoms with E-state index in [1.807, 2.05) is 60.8 Å². The molecule has 0 fully saturated rings. The van der Waals surface area contributed by atoms with E-state index in [2.05, 4.69) is 21.5 Å². The molecule has 0 spiro atoms. The molecule has 4 aromatic rings. The van der Waals surface area contributed by atoms with Crippen LogP contribution in [0.5, 0.6) is 0 Å². The number of nitrogens with one attached hydrogen (secondary N) is 1. The van der Waals surface area contributed by atoms with Crippen LogP contribution in [-0.2, 0) is 0 Å². The van der Waals surface area contributed by atoms with Crippen molar-refractivity contribution in [3.63, 3.8) is 0 Å². The van der Waals surface area contributed by atoms with Gasteiger partial charge in [0.1, 0.15) is 11.3 Å². The Bertz CT molecular complexity index is 1080. The molecule has 4 rings (SSSR count). The lowest BCUT2D eigenvalue weighted by Gasteiger charge is -2.20. The maximum absolute atomic E-state index is 12.9. The minimum absolute atomic E-state index is 0.215. The first-order chi connectivity index (χ1) is 13.1. The predicted molar refractivity (Wildman–Crippen MR) is 103 cm³/mol. The molecule has 134 valence electrons. The molecule has 0 saturated carbocycles. The molecule has 0 aliphatic rings. The second-order valence-corrected chi connectivity index (χ2v) is 6.48. The molecule has 27 heavy (non-hydrogen) atoms. The zero-order valence-electron chi connectivity index (χ0n) is 15.1. The number of fused-ring (bicyclic) bond motifs is 1. The zero-order chi connectivity index (χ0) is 18.8. The van der Waals surface area contributed by atoms with Crippen molar-refractivity contribution in [2.45, 2.75) is 19.9 Å². The summed E-state index contributed by atoms with van der Waals surface area (Å²) in [5.41, 5.74) is 3.87. The minimum atomic E-state index is -0.329. The molecular formula is C22H19N3O2. The van der Waals surface area contributed by atoms with Gasteiger partial charge in [0.05, 0.1) is 17.3 Å². The summed E-state index contributed by atoms with van der Waals surface area (Å²) in [6.07, 6.45) is 1.81. The summed E-state index contributed by atoms with van der Waals surface area (Å²) in [5.74, 6) is 0.293. The summed E-state index contributed by atoms with van der Waals surface area (Å²) in [6.45, 7) is 3.50. The Balaban J connectivity index is 1.76. The van der Waals surface area contributed by atoms with Crippen LogP contribution in [-0.4, -0.2) is 16.0 Å². The van der Waals surface area contributed by atoms with Crippen LogP contribution < -0.4 is 5.32 Å². The van der Waals surface area contributed by atoms with Crippen LogP contribution in [0.2, 0.25) is 0 Å². The standard InChI is InChI=1S/C22H19N3O2/c1-14-20(15(2)27-25-14)22(26)24-21(16-8-4-3-5-9-16)18-12-17-10-6-7-11-19(17)23-13-18/h3-13,21H,1-2H3,(H,24,26). The number of amides is 1. The Kier molecular flexibility index (Phi) is 4.42. The van der Waals surface area contributed by atoms with Crippen LogP contribution in [0.25, 0.3) is 10.9 Å². The molecule has 2 aromatic carbocycles. The zero-order valence-corrected chi connectivity index (χ0v) is 15.1. The Morgan fingerprint density at radius 3 is 2.48 bits per heavy atom. The smallest absolute Gasteiger partial charge is 0.257 e. The van der Waals surface area contributed by atoms with Crippen molar-refractivity contribution in [2.75, 3.05) is 0 Å². The third-order valence-corrected chi connectivity index (χ3v) is 4.61. The Hall–Kier alpha value is -3.47. The van der Waals surface area contributed by atoms with E-state index in [1.165, 1.54) is 0 Å². The molecule has 2 heterocycles. The van der Waals surface area contributed by atoms with Crippen LogP contribution >= 0.6 is 0 Å². The lowest BCUT2D eigenvalue weighted by atomic mass is 9.98. The SMILES string of the molecule is Cc1noc(C)c1C(=O)NC(c1ccccc1)c1cnc2ccccc2c1. The lowest BCUT2D eigenvalue weighted by Crippen LogP contribution is -2.30. The van der Waals surface area contributed by atoms with Gasteiger partial charge in [0, 0.05) is 11.6 Å². The maximum atomic E-state index is 12.9. The quantitative estimate of drug-likeness (QED) is 0.589. The number of benzene rings is 2. The van der Waals surface area contributed by atoms with Gasteiger partial charge in [-0.1, -0.05) is 53.7 Å². The highest BCUT2D eigenvalue weighted by molar-refractivity contribution is 5.96. The van der Waals surface area contributed by atoms with Crippen molar-refractivity contribution in [3.05, 3.63) is 95.0 Å². The van der Waals surface area contributed by atoms with E-state index >= 15 is 0 Å². The number of rotatable bonds is 4. The van der Waals surface area contributed by atoms with Crippen LogP contribution in [0.4, 0.5) is 0 Å². The van der Waals surface area contributed by atoms with Gasteiger partial charge in [-0.25, -0.2) is 0 Å². The Labute approximate surface area is 157 Å². The van der Waals surface area contributed by atoms with Gasteiger partial charge >= 0.3 is 0 Å².